The van der Waals surface area contributed by atoms with Crippen molar-refractivity contribution in [2.24, 2.45) is 35.0 Å². The van der Waals surface area contributed by atoms with Crippen molar-refractivity contribution < 1.29 is 19.0 Å². The van der Waals surface area contributed by atoms with Gasteiger partial charge in [0, 0.05) is 29.4 Å². The summed E-state index contributed by atoms with van der Waals surface area (Å²) in [4.78, 5) is 16.1. The summed E-state index contributed by atoms with van der Waals surface area (Å²) in [6.07, 6.45) is 10.8. The van der Waals surface area contributed by atoms with Crippen LogP contribution in [0.1, 0.15) is 81.9 Å². The summed E-state index contributed by atoms with van der Waals surface area (Å²) in [5.74, 6) is 3.85. The molecular formula is C36H43NO4. The van der Waals surface area contributed by atoms with Gasteiger partial charge in [0.25, 0.3) is 0 Å². The van der Waals surface area contributed by atoms with E-state index >= 15 is 0 Å². The molecule has 1 N–H and O–H groups in total. The monoisotopic (exact) mass is 553 g/mol. The van der Waals surface area contributed by atoms with Crippen LogP contribution >= 0.6 is 0 Å². The highest BCUT2D eigenvalue weighted by Crippen LogP contribution is 2.69. The van der Waals surface area contributed by atoms with E-state index in [9.17, 15) is 4.79 Å². The molecule has 2 aliphatic heterocycles. The molecule has 3 aromatic rings. The van der Waals surface area contributed by atoms with Crippen LogP contribution in [0.4, 0.5) is 0 Å². The fourth-order valence-electron chi connectivity index (χ4n) is 10.2. The number of aryl methyl sites for hydroxylation is 1. The average molecular weight is 554 g/mol. The maximum Gasteiger partial charge on any atom is 0.315 e. The van der Waals surface area contributed by atoms with Crippen molar-refractivity contribution in [1.82, 2.24) is 4.98 Å². The van der Waals surface area contributed by atoms with Gasteiger partial charge in [-0.15, -0.1) is 0 Å². The van der Waals surface area contributed by atoms with Crippen LogP contribution in [0.2, 0.25) is 0 Å². The summed E-state index contributed by atoms with van der Waals surface area (Å²) in [7, 11) is 0. The molecule has 0 bridgehead atoms. The number of aromatic nitrogens is 1. The molecule has 41 heavy (non-hydrogen) atoms. The summed E-state index contributed by atoms with van der Waals surface area (Å²) in [6.45, 7) is 8.16. The lowest BCUT2D eigenvalue weighted by atomic mass is 9.53. The van der Waals surface area contributed by atoms with Crippen LogP contribution in [-0.2, 0) is 27.1 Å². The second-order valence-electron chi connectivity index (χ2n) is 14.3. The Bertz CT molecular complexity index is 1480. The zero-order valence-corrected chi connectivity index (χ0v) is 24.7. The molecule has 0 unspecified atom stereocenters. The van der Waals surface area contributed by atoms with Gasteiger partial charge in [-0.3, -0.25) is 4.79 Å². The van der Waals surface area contributed by atoms with Gasteiger partial charge in [0.1, 0.15) is 5.75 Å². The second kappa shape index (κ2) is 9.44. The van der Waals surface area contributed by atoms with Crippen molar-refractivity contribution in [3.8, 4) is 5.75 Å². The van der Waals surface area contributed by atoms with E-state index in [0.717, 1.165) is 35.9 Å². The molecule has 2 saturated heterocycles. The molecule has 5 aliphatic rings. The molecule has 8 rings (SSSR count). The van der Waals surface area contributed by atoms with Gasteiger partial charge in [0.15, 0.2) is 5.79 Å². The lowest BCUT2D eigenvalue weighted by molar-refractivity contribution is -0.272. The Morgan fingerprint density at radius 3 is 2.83 bits per heavy atom. The Morgan fingerprint density at radius 1 is 1.10 bits per heavy atom. The first-order chi connectivity index (χ1) is 19.8. The molecule has 5 heteroatoms. The normalized spacial score (nSPS) is 39.2. The first-order valence-corrected chi connectivity index (χ1v) is 16.0. The van der Waals surface area contributed by atoms with Crippen LogP contribution in [0.3, 0.4) is 0 Å². The fraction of sp³-hybridized carbons (Fsp3) is 0.583. The minimum absolute atomic E-state index is 0.211. The lowest BCUT2D eigenvalue weighted by Gasteiger charge is -2.52. The third-order valence-corrected chi connectivity index (χ3v) is 12.2. The number of carbonyl (C=O) groups is 1. The van der Waals surface area contributed by atoms with Gasteiger partial charge in [0.2, 0.25) is 0 Å². The Morgan fingerprint density at radius 2 is 1.98 bits per heavy atom. The van der Waals surface area contributed by atoms with Crippen molar-refractivity contribution in [3.63, 3.8) is 0 Å². The smallest absolute Gasteiger partial charge is 0.315 e. The quantitative estimate of drug-likeness (QED) is 0.268. The second-order valence-corrected chi connectivity index (χ2v) is 14.3. The number of hydrogen-bond acceptors (Lipinski definition) is 4. The van der Waals surface area contributed by atoms with Crippen LogP contribution in [0.15, 0.2) is 48.7 Å². The summed E-state index contributed by atoms with van der Waals surface area (Å²) in [5.41, 5.74) is 5.22. The van der Waals surface area contributed by atoms with Crippen molar-refractivity contribution in [2.75, 3.05) is 6.61 Å². The summed E-state index contributed by atoms with van der Waals surface area (Å²) < 4.78 is 19.3. The van der Waals surface area contributed by atoms with Crippen molar-refractivity contribution in [1.29, 1.82) is 0 Å². The molecule has 0 radical (unpaired) electrons. The highest BCUT2D eigenvalue weighted by Gasteiger charge is 2.67. The number of H-pyrrole nitrogens is 1. The summed E-state index contributed by atoms with van der Waals surface area (Å²) in [5, 5.41) is 1.08. The Labute approximate surface area is 243 Å². The van der Waals surface area contributed by atoms with Gasteiger partial charge in [0.05, 0.1) is 19.1 Å². The minimum atomic E-state index is -0.339. The number of benzene rings is 2. The standard InChI is InChI=1S/C36H43NO4/c1-21-12-15-36(39-20-21)22(2)34-32(41-36)18-30-29-10-8-23-16-25(9-11-26(23)28(29)13-14-35(30,34)3)40-33(38)17-24-19-37-31-7-5-4-6-27(24)31/h4-7,9,11,16,19,21-22,28-30,32,34,37H,8,10,12-15,17-18,20H2,1-3H3/t21-,22+,28-,29-,30+,32+,34+,35+,36-/m1/s1. The van der Waals surface area contributed by atoms with E-state index in [4.69, 9.17) is 14.2 Å². The molecule has 2 saturated carbocycles. The van der Waals surface area contributed by atoms with Gasteiger partial charge in [-0.1, -0.05) is 45.0 Å². The predicted octanol–water partition coefficient (Wildman–Crippen LogP) is 7.58. The van der Waals surface area contributed by atoms with Gasteiger partial charge >= 0.3 is 5.97 Å². The number of carbonyl (C=O) groups excluding carboxylic acids is 1. The van der Waals surface area contributed by atoms with Crippen molar-refractivity contribution >= 4 is 16.9 Å². The Balaban J connectivity index is 0.974. The van der Waals surface area contributed by atoms with E-state index < -0.39 is 0 Å². The highest BCUT2D eigenvalue weighted by molar-refractivity contribution is 5.87. The third kappa shape index (κ3) is 3.98. The molecule has 1 aromatic heterocycles. The molecule has 2 aromatic carbocycles. The number of fused-ring (bicyclic) bond motifs is 8. The van der Waals surface area contributed by atoms with Gasteiger partial charge in [-0.25, -0.2) is 0 Å². The first-order valence-electron chi connectivity index (χ1n) is 16.0. The summed E-state index contributed by atoms with van der Waals surface area (Å²) >= 11 is 0. The van der Waals surface area contributed by atoms with Crippen molar-refractivity contribution in [2.45, 2.75) is 89.9 Å². The number of nitrogens with one attached hydrogen (secondary N) is 1. The Kier molecular flexibility index (Phi) is 5.99. The molecule has 3 heterocycles. The summed E-state index contributed by atoms with van der Waals surface area (Å²) in [6, 6.07) is 14.5. The topological polar surface area (TPSA) is 60.6 Å². The van der Waals surface area contributed by atoms with Crippen molar-refractivity contribution in [3.05, 3.63) is 65.4 Å². The number of ether oxygens (including phenoxy) is 3. The largest absolute Gasteiger partial charge is 0.426 e. The number of rotatable bonds is 3. The zero-order valence-electron chi connectivity index (χ0n) is 24.7. The molecule has 5 nitrogen and oxygen atoms in total. The molecule has 9 atom stereocenters. The molecule has 216 valence electrons. The zero-order chi connectivity index (χ0) is 27.9. The van der Waals surface area contributed by atoms with E-state index in [-0.39, 0.29) is 18.2 Å². The molecule has 3 aliphatic carbocycles. The van der Waals surface area contributed by atoms with E-state index in [1.807, 2.05) is 36.5 Å². The lowest BCUT2D eigenvalue weighted by Crippen LogP contribution is -2.48. The van der Waals surface area contributed by atoms with E-state index in [0.29, 0.717) is 52.8 Å². The molecule has 1 spiro atoms. The highest BCUT2D eigenvalue weighted by atomic mass is 16.7. The maximum atomic E-state index is 12.9. The van der Waals surface area contributed by atoms with E-state index in [2.05, 4.69) is 37.9 Å². The van der Waals surface area contributed by atoms with Crippen LogP contribution < -0.4 is 4.74 Å². The van der Waals surface area contributed by atoms with Gasteiger partial charge < -0.3 is 19.2 Å². The number of para-hydroxylation sites is 1. The molecule has 0 amide bonds. The SMILES string of the molecule is C[C@@H]1CC[C@@]2(OC1)O[C@H]1C[C@H]3[C@@H]4CCc5cc(OC(=O)Cc6c[nH]c7ccccc67)ccc5[C@H]4CC[C@]3(C)[C@H]1[C@@H]2C. The molecular weight excluding hydrogens is 510 g/mol. The first kappa shape index (κ1) is 26.0. The van der Waals surface area contributed by atoms with Crippen LogP contribution in [0, 0.1) is 35.0 Å². The van der Waals surface area contributed by atoms with Gasteiger partial charge in [-0.05, 0) is 108 Å². The maximum absolute atomic E-state index is 12.9. The fourth-order valence-corrected chi connectivity index (χ4v) is 10.2. The van der Waals surface area contributed by atoms with E-state index in [1.54, 1.807) is 0 Å². The van der Waals surface area contributed by atoms with Crippen LogP contribution in [0.5, 0.6) is 5.75 Å². The Hall–Kier alpha value is -2.63. The van der Waals surface area contributed by atoms with Crippen LogP contribution in [-0.4, -0.2) is 29.5 Å². The van der Waals surface area contributed by atoms with E-state index in [1.165, 1.54) is 43.2 Å². The number of esters is 1. The average Bonchev–Trinajstić information content (AvgIpc) is 3.59. The molecule has 4 fully saturated rings. The van der Waals surface area contributed by atoms with Crippen LogP contribution in [0.25, 0.3) is 10.9 Å². The number of hydrogen-bond donors (Lipinski definition) is 1. The minimum Gasteiger partial charge on any atom is -0.426 e. The number of aromatic amines is 1. The predicted molar refractivity (Wildman–Crippen MR) is 159 cm³/mol. The third-order valence-electron chi connectivity index (χ3n) is 12.2. The van der Waals surface area contributed by atoms with Gasteiger partial charge in [-0.2, -0.15) is 0 Å².